The van der Waals surface area contributed by atoms with Crippen LogP contribution >= 0.6 is 12.2 Å². The number of nitrogens with one attached hydrogen (secondary N) is 1. The van der Waals surface area contributed by atoms with Crippen LogP contribution in [-0.4, -0.2) is 35.8 Å². The molecule has 0 aromatic heterocycles. The molecular formula is C19H19NO4S. The van der Waals surface area contributed by atoms with Gasteiger partial charge in [0.25, 0.3) is 5.17 Å². The number of rotatable bonds is 4. The summed E-state index contributed by atoms with van der Waals surface area (Å²) in [6.07, 6.45) is 0.387. The Morgan fingerprint density at radius 1 is 1.20 bits per heavy atom. The third-order valence-corrected chi connectivity index (χ3v) is 4.51. The second-order valence-electron chi connectivity index (χ2n) is 5.92. The molecule has 130 valence electrons. The fourth-order valence-corrected chi connectivity index (χ4v) is 2.95. The Morgan fingerprint density at radius 3 is 2.68 bits per heavy atom. The maximum absolute atomic E-state index is 13.0. The Labute approximate surface area is 151 Å². The summed E-state index contributed by atoms with van der Waals surface area (Å²) in [5.74, 6) is 1.00. The number of carbonyl (C=O) groups excluding carboxylic acids is 1. The van der Waals surface area contributed by atoms with Gasteiger partial charge in [-0.15, -0.1) is 0 Å². The monoisotopic (exact) mass is 357 g/mol. The van der Waals surface area contributed by atoms with E-state index in [1.165, 1.54) is 0 Å². The molecule has 0 radical (unpaired) electrons. The van der Waals surface area contributed by atoms with Crippen molar-refractivity contribution >= 4 is 23.2 Å². The van der Waals surface area contributed by atoms with Crippen molar-refractivity contribution in [2.24, 2.45) is 5.41 Å². The standard InChI is InChI=1S/C19H19NO4S/c21-13-19(12-20-18(25)24-14-6-2-1-3-7-14)10-11-23-16-9-5-4-8-15(16)17(19)22/h1-9,21H,10-13H2,(H,20,25). The average molecular weight is 357 g/mol. The van der Waals surface area contributed by atoms with Gasteiger partial charge in [-0.1, -0.05) is 30.3 Å². The fourth-order valence-electron chi connectivity index (χ4n) is 2.78. The predicted molar refractivity (Wildman–Crippen MR) is 98.1 cm³/mol. The summed E-state index contributed by atoms with van der Waals surface area (Å²) in [6.45, 7) is 0.216. The van der Waals surface area contributed by atoms with Gasteiger partial charge in [0, 0.05) is 6.54 Å². The van der Waals surface area contributed by atoms with Crippen molar-refractivity contribution in [2.75, 3.05) is 19.8 Å². The second-order valence-corrected chi connectivity index (χ2v) is 6.29. The van der Waals surface area contributed by atoms with Crippen molar-refractivity contribution in [1.29, 1.82) is 0 Å². The first-order chi connectivity index (χ1) is 12.1. The molecule has 1 heterocycles. The first-order valence-corrected chi connectivity index (χ1v) is 8.44. The van der Waals surface area contributed by atoms with Crippen LogP contribution in [0.25, 0.3) is 0 Å². The van der Waals surface area contributed by atoms with E-state index in [0.717, 1.165) is 0 Å². The molecule has 1 atom stereocenters. The van der Waals surface area contributed by atoms with Gasteiger partial charge in [0.2, 0.25) is 0 Å². The lowest BCUT2D eigenvalue weighted by atomic mass is 9.78. The molecule has 2 N–H and O–H groups in total. The molecule has 0 bridgehead atoms. The van der Waals surface area contributed by atoms with Gasteiger partial charge < -0.3 is 19.9 Å². The molecule has 1 unspecified atom stereocenters. The molecule has 5 nitrogen and oxygen atoms in total. The lowest BCUT2D eigenvalue weighted by Crippen LogP contribution is -2.46. The third kappa shape index (κ3) is 3.81. The van der Waals surface area contributed by atoms with E-state index in [0.29, 0.717) is 30.1 Å². The fraction of sp³-hybridized carbons (Fsp3) is 0.263. The van der Waals surface area contributed by atoms with E-state index in [9.17, 15) is 9.90 Å². The van der Waals surface area contributed by atoms with Gasteiger partial charge in [0.15, 0.2) is 5.78 Å². The van der Waals surface area contributed by atoms with Gasteiger partial charge >= 0.3 is 0 Å². The van der Waals surface area contributed by atoms with E-state index in [1.807, 2.05) is 24.3 Å². The summed E-state index contributed by atoms with van der Waals surface area (Å²) in [4.78, 5) is 13.0. The van der Waals surface area contributed by atoms with Gasteiger partial charge in [-0.25, -0.2) is 0 Å². The summed E-state index contributed by atoms with van der Waals surface area (Å²) in [7, 11) is 0. The zero-order valence-electron chi connectivity index (χ0n) is 13.6. The second kappa shape index (κ2) is 7.63. The number of thiocarbonyl (C=S) groups is 1. The number of Topliss-reactive ketones (excluding diaryl/α,β-unsaturated/α-hetero) is 1. The number of ketones is 1. The minimum atomic E-state index is -1.00. The molecule has 0 spiro atoms. The Hall–Kier alpha value is -2.44. The van der Waals surface area contributed by atoms with Crippen molar-refractivity contribution in [1.82, 2.24) is 5.32 Å². The van der Waals surface area contributed by atoms with Crippen LogP contribution in [0, 0.1) is 5.41 Å². The Bertz CT molecular complexity index is 765. The summed E-state index contributed by atoms with van der Waals surface area (Å²) >= 11 is 5.19. The van der Waals surface area contributed by atoms with Crippen LogP contribution in [0.1, 0.15) is 16.8 Å². The highest BCUT2D eigenvalue weighted by atomic mass is 32.1. The van der Waals surface area contributed by atoms with E-state index < -0.39 is 5.41 Å². The van der Waals surface area contributed by atoms with Crippen molar-refractivity contribution in [3.63, 3.8) is 0 Å². The molecule has 0 amide bonds. The van der Waals surface area contributed by atoms with Crippen molar-refractivity contribution in [3.05, 3.63) is 60.2 Å². The van der Waals surface area contributed by atoms with Gasteiger partial charge in [-0.3, -0.25) is 4.79 Å². The van der Waals surface area contributed by atoms with Crippen LogP contribution in [-0.2, 0) is 0 Å². The molecule has 0 fully saturated rings. The smallest absolute Gasteiger partial charge is 0.262 e. The zero-order chi connectivity index (χ0) is 17.7. The predicted octanol–water partition coefficient (Wildman–Crippen LogP) is 2.58. The van der Waals surface area contributed by atoms with Crippen LogP contribution in [0.2, 0.25) is 0 Å². The van der Waals surface area contributed by atoms with E-state index in [-0.39, 0.29) is 24.1 Å². The highest BCUT2D eigenvalue weighted by Crippen LogP contribution is 2.34. The number of aliphatic hydroxyl groups excluding tert-OH is 1. The van der Waals surface area contributed by atoms with E-state index in [4.69, 9.17) is 21.7 Å². The number of carbonyl (C=O) groups is 1. The zero-order valence-corrected chi connectivity index (χ0v) is 14.4. The number of para-hydroxylation sites is 2. The van der Waals surface area contributed by atoms with Crippen LogP contribution in [0.3, 0.4) is 0 Å². The Kier molecular flexibility index (Phi) is 5.31. The topological polar surface area (TPSA) is 67.8 Å². The molecule has 3 rings (SSSR count). The molecule has 1 aliphatic rings. The maximum Gasteiger partial charge on any atom is 0.262 e. The molecule has 2 aromatic rings. The van der Waals surface area contributed by atoms with Gasteiger partial charge in [0.1, 0.15) is 11.5 Å². The highest BCUT2D eigenvalue weighted by Gasteiger charge is 2.41. The number of hydrogen-bond donors (Lipinski definition) is 2. The minimum absolute atomic E-state index is 0.155. The minimum Gasteiger partial charge on any atom is -0.493 e. The van der Waals surface area contributed by atoms with Crippen LogP contribution in [0.5, 0.6) is 11.5 Å². The summed E-state index contributed by atoms with van der Waals surface area (Å²) in [5.41, 5.74) is -0.526. The Morgan fingerprint density at radius 2 is 1.92 bits per heavy atom. The number of fused-ring (bicyclic) bond motifs is 1. The SMILES string of the molecule is O=C1c2ccccc2OCCC1(CO)CNC(=S)Oc1ccccc1. The summed E-state index contributed by atoms with van der Waals surface area (Å²) in [6, 6.07) is 16.2. The number of ether oxygens (including phenoxy) is 2. The maximum atomic E-state index is 13.0. The highest BCUT2D eigenvalue weighted by molar-refractivity contribution is 7.80. The molecule has 0 saturated heterocycles. The van der Waals surface area contributed by atoms with Crippen molar-refractivity contribution in [3.8, 4) is 11.5 Å². The lowest BCUT2D eigenvalue weighted by Gasteiger charge is -2.29. The molecule has 6 heteroatoms. The van der Waals surface area contributed by atoms with E-state index in [1.54, 1.807) is 30.3 Å². The summed E-state index contributed by atoms with van der Waals surface area (Å²) in [5, 5.41) is 13.1. The molecular weight excluding hydrogens is 338 g/mol. The molecule has 2 aromatic carbocycles. The van der Waals surface area contributed by atoms with Crippen LogP contribution in [0.15, 0.2) is 54.6 Å². The normalized spacial score (nSPS) is 19.3. The van der Waals surface area contributed by atoms with Crippen LogP contribution in [0.4, 0.5) is 0 Å². The molecule has 25 heavy (non-hydrogen) atoms. The van der Waals surface area contributed by atoms with Gasteiger partial charge in [-0.05, 0) is 42.9 Å². The van der Waals surface area contributed by atoms with Crippen LogP contribution < -0.4 is 14.8 Å². The quantitative estimate of drug-likeness (QED) is 0.820. The third-order valence-electron chi connectivity index (χ3n) is 4.28. The molecule has 0 aliphatic carbocycles. The molecule has 1 aliphatic heterocycles. The van der Waals surface area contributed by atoms with Gasteiger partial charge in [0.05, 0.1) is 24.2 Å². The van der Waals surface area contributed by atoms with Gasteiger partial charge in [-0.2, -0.15) is 0 Å². The largest absolute Gasteiger partial charge is 0.493 e. The number of hydrogen-bond acceptors (Lipinski definition) is 5. The number of aliphatic hydroxyl groups is 1. The van der Waals surface area contributed by atoms with E-state index in [2.05, 4.69) is 5.32 Å². The average Bonchev–Trinajstić information content (AvgIpc) is 2.78. The molecule has 0 saturated carbocycles. The Balaban J connectivity index is 1.72. The van der Waals surface area contributed by atoms with E-state index >= 15 is 0 Å². The summed E-state index contributed by atoms with van der Waals surface area (Å²) < 4.78 is 11.2. The first kappa shape index (κ1) is 17.4. The first-order valence-electron chi connectivity index (χ1n) is 8.03. The lowest BCUT2D eigenvalue weighted by molar-refractivity contribution is 0.0608. The number of benzene rings is 2. The van der Waals surface area contributed by atoms with Crippen molar-refractivity contribution in [2.45, 2.75) is 6.42 Å². The van der Waals surface area contributed by atoms with Crippen molar-refractivity contribution < 1.29 is 19.4 Å².